The fraction of sp³-hybridized carbons (Fsp3) is 0.143. The van der Waals surface area contributed by atoms with Crippen LogP contribution in [0.5, 0.6) is 5.75 Å². The second kappa shape index (κ2) is 6.45. The Morgan fingerprint density at radius 3 is 2.86 bits per heavy atom. The molecule has 0 saturated carbocycles. The molecule has 7 nitrogen and oxygen atoms in total. The van der Waals surface area contributed by atoms with Crippen molar-refractivity contribution in [3.05, 3.63) is 60.6 Å². The predicted octanol–water partition coefficient (Wildman–Crippen LogP) is 3.56. The summed E-state index contributed by atoms with van der Waals surface area (Å²) < 4.78 is 7.07. The van der Waals surface area contributed by atoms with Gasteiger partial charge >= 0.3 is 6.09 Å². The van der Waals surface area contributed by atoms with Gasteiger partial charge in [-0.25, -0.2) is 4.79 Å². The van der Waals surface area contributed by atoms with Gasteiger partial charge in [-0.05, 0) is 48.7 Å². The van der Waals surface area contributed by atoms with E-state index in [9.17, 15) is 4.79 Å². The Bertz CT molecular complexity index is 1200. The molecule has 5 rings (SSSR count). The average molecular weight is 371 g/mol. The van der Waals surface area contributed by atoms with Gasteiger partial charge in [-0.3, -0.25) is 14.6 Å². The highest BCUT2D eigenvalue weighted by atomic mass is 16.5. The monoisotopic (exact) mass is 371 g/mol. The summed E-state index contributed by atoms with van der Waals surface area (Å²) in [6.07, 6.45) is 4.75. The van der Waals surface area contributed by atoms with Gasteiger partial charge in [0.25, 0.3) is 0 Å². The lowest BCUT2D eigenvalue weighted by Gasteiger charge is -2.10. The molecule has 28 heavy (non-hydrogen) atoms. The predicted molar refractivity (Wildman–Crippen MR) is 105 cm³/mol. The van der Waals surface area contributed by atoms with E-state index < -0.39 is 6.09 Å². The van der Waals surface area contributed by atoms with Crippen LogP contribution in [0, 0.1) is 0 Å². The Morgan fingerprint density at radius 2 is 2.04 bits per heavy atom. The van der Waals surface area contributed by atoms with Crippen molar-refractivity contribution in [1.29, 1.82) is 0 Å². The number of carbonyl (C=O) groups excluding carboxylic acids is 1. The molecule has 4 heterocycles. The van der Waals surface area contributed by atoms with Crippen molar-refractivity contribution in [3.8, 4) is 28.3 Å². The zero-order chi connectivity index (χ0) is 19.1. The second-order valence-electron chi connectivity index (χ2n) is 6.67. The van der Waals surface area contributed by atoms with Crippen molar-refractivity contribution >= 4 is 17.0 Å². The van der Waals surface area contributed by atoms with Crippen LogP contribution in [0.15, 0.2) is 54.9 Å². The van der Waals surface area contributed by atoms with Crippen molar-refractivity contribution in [1.82, 2.24) is 19.7 Å². The molecule has 1 aliphatic rings. The molecule has 2 N–H and O–H groups in total. The number of pyridine rings is 2. The summed E-state index contributed by atoms with van der Waals surface area (Å²) in [5.74, 6) is 0.370. The molecule has 3 aromatic heterocycles. The number of rotatable bonds is 3. The smallest absolute Gasteiger partial charge is 0.409 e. The molecule has 0 radical (unpaired) electrons. The fourth-order valence-corrected chi connectivity index (χ4v) is 3.82. The number of primary amides is 1. The summed E-state index contributed by atoms with van der Waals surface area (Å²) in [4.78, 5) is 20.0. The van der Waals surface area contributed by atoms with Crippen LogP contribution in [0.3, 0.4) is 0 Å². The lowest BCUT2D eigenvalue weighted by atomic mass is 9.96. The molecular weight excluding hydrogens is 354 g/mol. The molecule has 7 heteroatoms. The number of nitrogens with zero attached hydrogens (tertiary/aromatic N) is 4. The summed E-state index contributed by atoms with van der Waals surface area (Å²) in [6, 6.07) is 13.2. The van der Waals surface area contributed by atoms with E-state index in [1.54, 1.807) is 24.5 Å². The van der Waals surface area contributed by atoms with E-state index in [1.165, 1.54) is 5.69 Å². The number of fused-ring (bicyclic) bond motifs is 2. The number of benzene rings is 1. The van der Waals surface area contributed by atoms with E-state index in [2.05, 4.69) is 14.6 Å². The van der Waals surface area contributed by atoms with Gasteiger partial charge in [-0.15, -0.1) is 0 Å². The summed E-state index contributed by atoms with van der Waals surface area (Å²) in [7, 11) is 0. The third kappa shape index (κ3) is 2.68. The van der Waals surface area contributed by atoms with Crippen LogP contribution < -0.4 is 10.5 Å². The second-order valence-corrected chi connectivity index (χ2v) is 6.67. The molecule has 1 aromatic carbocycles. The van der Waals surface area contributed by atoms with E-state index in [1.807, 2.05) is 30.3 Å². The molecule has 0 unspecified atom stereocenters. The summed E-state index contributed by atoms with van der Waals surface area (Å²) >= 11 is 0. The van der Waals surface area contributed by atoms with Crippen molar-refractivity contribution in [2.24, 2.45) is 5.73 Å². The normalized spacial score (nSPS) is 12.9. The Kier molecular flexibility index (Phi) is 3.79. The van der Waals surface area contributed by atoms with E-state index >= 15 is 0 Å². The molecule has 0 aliphatic carbocycles. The molecule has 0 atom stereocenters. The van der Waals surface area contributed by atoms with Crippen LogP contribution in [-0.4, -0.2) is 25.8 Å². The lowest BCUT2D eigenvalue weighted by Crippen LogP contribution is -2.16. The summed E-state index contributed by atoms with van der Waals surface area (Å²) in [5.41, 5.74) is 10.9. The third-order valence-electron chi connectivity index (χ3n) is 4.95. The molecular formula is C21H17N5O2. The van der Waals surface area contributed by atoms with Crippen LogP contribution in [0.1, 0.15) is 12.1 Å². The number of hydrogen-bond acceptors (Lipinski definition) is 5. The topological polar surface area (TPSA) is 95.9 Å². The first-order valence-electron chi connectivity index (χ1n) is 9.08. The van der Waals surface area contributed by atoms with Gasteiger partial charge in [-0.2, -0.15) is 5.10 Å². The minimum absolute atomic E-state index is 0.370. The van der Waals surface area contributed by atoms with Gasteiger partial charge in [0.2, 0.25) is 0 Å². The number of carbonyl (C=O) groups is 1. The minimum Gasteiger partial charge on any atom is -0.410 e. The molecule has 0 fully saturated rings. The van der Waals surface area contributed by atoms with Gasteiger partial charge in [0.15, 0.2) is 0 Å². The van der Waals surface area contributed by atoms with E-state index in [0.717, 1.165) is 52.8 Å². The van der Waals surface area contributed by atoms with E-state index in [-0.39, 0.29) is 0 Å². The van der Waals surface area contributed by atoms with Crippen molar-refractivity contribution < 1.29 is 9.53 Å². The first-order valence-corrected chi connectivity index (χ1v) is 9.08. The molecule has 138 valence electrons. The van der Waals surface area contributed by atoms with Gasteiger partial charge in [-0.1, -0.05) is 6.07 Å². The van der Waals surface area contributed by atoms with Gasteiger partial charge < -0.3 is 10.5 Å². The molecule has 0 saturated heterocycles. The standard InChI is InChI=1S/C21H17N5O2/c22-21(27)28-13-6-7-14-15(8-10-24-17(14)12-13)19-18-5-3-11-26(18)25-20(19)16-4-1-2-9-23-16/h1-2,4,6-10,12H,3,5,11H2,(H2,22,27). The highest BCUT2D eigenvalue weighted by Crippen LogP contribution is 2.40. The fourth-order valence-electron chi connectivity index (χ4n) is 3.82. The van der Waals surface area contributed by atoms with Gasteiger partial charge in [0.1, 0.15) is 11.4 Å². The van der Waals surface area contributed by atoms with Crippen molar-refractivity contribution in [2.75, 3.05) is 0 Å². The molecule has 0 spiro atoms. The van der Waals surface area contributed by atoms with Crippen molar-refractivity contribution in [2.45, 2.75) is 19.4 Å². The van der Waals surface area contributed by atoms with Crippen LogP contribution in [-0.2, 0) is 13.0 Å². The maximum absolute atomic E-state index is 11.0. The summed E-state index contributed by atoms with van der Waals surface area (Å²) in [6.45, 7) is 0.911. The van der Waals surface area contributed by atoms with Gasteiger partial charge in [0, 0.05) is 41.6 Å². The first kappa shape index (κ1) is 16.4. The Hall–Kier alpha value is -3.74. The SMILES string of the molecule is NC(=O)Oc1ccc2c(-c3c(-c4ccccn4)nn4c3CCC4)ccnc2c1. The first-order chi connectivity index (χ1) is 13.7. The zero-order valence-electron chi connectivity index (χ0n) is 15.0. The highest BCUT2D eigenvalue weighted by Gasteiger charge is 2.25. The van der Waals surface area contributed by atoms with Crippen LogP contribution in [0.25, 0.3) is 33.4 Å². The van der Waals surface area contributed by atoms with Crippen LogP contribution >= 0.6 is 0 Å². The molecule has 1 amide bonds. The lowest BCUT2D eigenvalue weighted by molar-refractivity contribution is 0.211. The summed E-state index contributed by atoms with van der Waals surface area (Å²) in [5, 5.41) is 5.81. The number of aromatic nitrogens is 4. The Morgan fingerprint density at radius 1 is 1.11 bits per heavy atom. The van der Waals surface area contributed by atoms with Crippen molar-refractivity contribution in [3.63, 3.8) is 0 Å². The van der Waals surface area contributed by atoms with E-state index in [0.29, 0.717) is 5.75 Å². The number of ether oxygens (including phenoxy) is 1. The Balaban J connectivity index is 1.73. The largest absolute Gasteiger partial charge is 0.410 e. The van der Waals surface area contributed by atoms with E-state index in [4.69, 9.17) is 15.6 Å². The Labute approximate surface area is 160 Å². The average Bonchev–Trinajstić information content (AvgIpc) is 3.29. The van der Waals surface area contributed by atoms with Crippen LogP contribution in [0.4, 0.5) is 4.79 Å². The highest BCUT2D eigenvalue weighted by molar-refractivity contribution is 5.99. The third-order valence-corrected chi connectivity index (χ3v) is 4.95. The number of nitrogens with two attached hydrogens (primary N) is 1. The van der Waals surface area contributed by atoms with Gasteiger partial charge in [0.05, 0.1) is 11.2 Å². The maximum atomic E-state index is 11.0. The molecule has 1 aliphatic heterocycles. The quantitative estimate of drug-likeness (QED) is 0.594. The molecule has 0 bridgehead atoms. The zero-order valence-corrected chi connectivity index (χ0v) is 15.0. The number of hydrogen-bond donors (Lipinski definition) is 1. The van der Waals surface area contributed by atoms with Crippen LogP contribution in [0.2, 0.25) is 0 Å². The maximum Gasteiger partial charge on any atom is 0.409 e. The minimum atomic E-state index is -0.845. The molecule has 4 aromatic rings. The number of amides is 1. The number of aryl methyl sites for hydroxylation is 1.